The highest BCUT2D eigenvalue weighted by Crippen LogP contribution is 2.37. The third kappa shape index (κ3) is 2.12. The van der Waals surface area contributed by atoms with Crippen molar-refractivity contribution in [2.45, 2.75) is 13.0 Å². The summed E-state index contributed by atoms with van der Waals surface area (Å²) >= 11 is 0. The number of nitrogens with one attached hydrogen (secondary N) is 2. The molecule has 1 aromatic heterocycles. The molecule has 2 aromatic carbocycles. The number of aromatic nitrogens is 2. The summed E-state index contributed by atoms with van der Waals surface area (Å²) in [7, 11) is 0. The van der Waals surface area contributed by atoms with Gasteiger partial charge in [0.25, 0.3) is 5.91 Å². The van der Waals surface area contributed by atoms with E-state index in [1.165, 1.54) is 6.07 Å². The molecule has 4 rings (SSSR count). The quantitative estimate of drug-likeness (QED) is 0.763. The number of aryl methyl sites for hydroxylation is 1. The highest BCUT2D eigenvalue weighted by molar-refractivity contribution is 6.00. The van der Waals surface area contributed by atoms with Crippen LogP contribution in [-0.2, 0) is 0 Å². The van der Waals surface area contributed by atoms with Crippen molar-refractivity contribution < 1.29 is 9.18 Å². The lowest BCUT2D eigenvalue weighted by Gasteiger charge is -2.14. The molecule has 0 saturated carbocycles. The van der Waals surface area contributed by atoms with Crippen molar-refractivity contribution in [2.24, 2.45) is 0 Å². The maximum Gasteiger partial charge on any atom is 0.270 e. The first-order valence-corrected chi connectivity index (χ1v) is 7.36. The van der Waals surface area contributed by atoms with Crippen molar-refractivity contribution in [3.63, 3.8) is 0 Å². The third-order valence-electron chi connectivity index (χ3n) is 4.14. The second kappa shape index (κ2) is 5.05. The van der Waals surface area contributed by atoms with E-state index in [0.29, 0.717) is 22.5 Å². The number of rotatable bonds is 2. The van der Waals surface area contributed by atoms with Crippen LogP contribution < -0.4 is 5.32 Å². The fourth-order valence-electron chi connectivity index (χ4n) is 2.95. The second-order valence-corrected chi connectivity index (χ2v) is 5.65. The zero-order valence-corrected chi connectivity index (χ0v) is 12.4. The number of H-pyrrole nitrogens is 1. The van der Waals surface area contributed by atoms with Crippen LogP contribution in [0.4, 0.5) is 4.39 Å². The Kier molecular flexibility index (Phi) is 3.01. The number of halogens is 1. The molecular formula is C18H14FN3O. The molecule has 5 heteroatoms. The number of aromatic amines is 1. The average Bonchev–Trinajstić information content (AvgIpc) is 3.11. The van der Waals surface area contributed by atoms with Gasteiger partial charge in [-0.3, -0.25) is 9.89 Å². The van der Waals surface area contributed by atoms with Crippen molar-refractivity contribution in [2.75, 3.05) is 0 Å². The minimum atomic E-state index is -0.534. The second-order valence-electron chi connectivity index (χ2n) is 5.65. The lowest BCUT2D eigenvalue weighted by Crippen LogP contribution is -2.21. The zero-order chi connectivity index (χ0) is 16.0. The number of hydrogen-bond donors (Lipinski definition) is 2. The van der Waals surface area contributed by atoms with Crippen LogP contribution in [0.2, 0.25) is 0 Å². The summed E-state index contributed by atoms with van der Waals surface area (Å²) in [5.74, 6) is -0.610. The van der Waals surface area contributed by atoms with Crippen LogP contribution in [0.15, 0.2) is 48.5 Å². The Bertz CT molecular complexity index is 899. The molecule has 2 heterocycles. The van der Waals surface area contributed by atoms with Crippen LogP contribution in [-0.4, -0.2) is 16.1 Å². The van der Waals surface area contributed by atoms with Crippen LogP contribution in [0.1, 0.15) is 33.2 Å². The first-order valence-electron chi connectivity index (χ1n) is 7.36. The molecule has 2 N–H and O–H groups in total. The van der Waals surface area contributed by atoms with Crippen molar-refractivity contribution in [1.82, 2.24) is 15.5 Å². The van der Waals surface area contributed by atoms with E-state index in [2.05, 4.69) is 15.5 Å². The van der Waals surface area contributed by atoms with Crippen molar-refractivity contribution in [1.29, 1.82) is 0 Å². The van der Waals surface area contributed by atoms with E-state index >= 15 is 0 Å². The number of hydrogen-bond acceptors (Lipinski definition) is 2. The van der Waals surface area contributed by atoms with Gasteiger partial charge in [0.05, 0.1) is 11.7 Å². The fraction of sp³-hybridized carbons (Fsp3) is 0.111. The Morgan fingerprint density at radius 3 is 2.57 bits per heavy atom. The van der Waals surface area contributed by atoms with Gasteiger partial charge in [-0.2, -0.15) is 5.10 Å². The Morgan fingerprint density at radius 1 is 1.09 bits per heavy atom. The van der Waals surface area contributed by atoms with Crippen LogP contribution in [0.5, 0.6) is 0 Å². The summed E-state index contributed by atoms with van der Waals surface area (Å²) in [5, 5.41) is 9.90. The van der Waals surface area contributed by atoms with Gasteiger partial charge in [0.2, 0.25) is 0 Å². The van der Waals surface area contributed by atoms with Gasteiger partial charge in [-0.05, 0) is 13.0 Å². The van der Waals surface area contributed by atoms with E-state index in [-0.39, 0.29) is 11.7 Å². The number of carbonyl (C=O) groups is 1. The summed E-state index contributed by atoms with van der Waals surface area (Å²) < 4.78 is 14.2. The third-order valence-corrected chi connectivity index (χ3v) is 4.14. The van der Waals surface area contributed by atoms with Gasteiger partial charge in [0.1, 0.15) is 11.5 Å². The number of nitrogens with zero attached hydrogens (tertiary/aromatic N) is 1. The highest BCUT2D eigenvalue weighted by atomic mass is 19.1. The van der Waals surface area contributed by atoms with Gasteiger partial charge < -0.3 is 5.32 Å². The maximum atomic E-state index is 14.2. The number of amides is 1. The molecule has 3 aromatic rings. The van der Waals surface area contributed by atoms with E-state index in [0.717, 1.165) is 11.1 Å². The van der Waals surface area contributed by atoms with E-state index in [1.54, 1.807) is 18.2 Å². The van der Waals surface area contributed by atoms with E-state index in [4.69, 9.17) is 0 Å². The molecule has 0 spiro atoms. The van der Waals surface area contributed by atoms with E-state index in [1.807, 2.05) is 31.2 Å². The van der Waals surface area contributed by atoms with Crippen molar-refractivity contribution >= 4 is 5.91 Å². The summed E-state index contributed by atoms with van der Waals surface area (Å²) in [6.45, 7) is 2.01. The largest absolute Gasteiger partial charge is 0.340 e. The number of benzene rings is 2. The van der Waals surface area contributed by atoms with E-state index < -0.39 is 6.04 Å². The van der Waals surface area contributed by atoms with Crippen molar-refractivity contribution in [3.8, 4) is 11.3 Å². The van der Waals surface area contributed by atoms with Crippen LogP contribution in [0.25, 0.3) is 11.3 Å². The predicted molar refractivity (Wildman–Crippen MR) is 84.5 cm³/mol. The molecule has 0 bridgehead atoms. The highest BCUT2D eigenvalue weighted by Gasteiger charge is 2.36. The van der Waals surface area contributed by atoms with Gasteiger partial charge >= 0.3 is 0 Å². The van der Waals surface area contributed by atoms with E-state index in [9.17, 15) is 9.18 Å². The SMILES string of the molecule is Cc1ccc(-c2n[nH]c3c2[C@@H](c2ccccc2F)NC3=O)cc1. The minimum Gasteiger partial charge on any atom is -0.340 e. The van der Waals surface area contributed by atoms with Crippen molar-refractivity contribution in [3.05, 3.63) is 76.7 Å². The Balaban J connectivity index is 1.88. The molecule has 1 amide bonds. The molecule has 1 aliphatic rings. The molecule has 114 valence electrons. The number of fused-ring (bicyclic) bond motifs is 1. The van der Waals surface area contributed by atoms with Crippen LogP contribution >= 0.6 is 0 Å². The molecule has 0 unspecified atom stereocenters. The fourth-order valence-corrected chi connectivity index (χ4v) is 2.95. The maximum absolute atomic E-state index is 14.2. The number of carbonyl (C=O) groups excluding carboxylic acids is 1. The lowest BCUT2D eigenvalue weighted by molar-refractivity contribution is 0.0955. The molecule has 4 nitrogen and oxygen atoms in total. The molecule has 0 saturated heterocycles. The Hall–Kier alpha value is -2.95. The minimum absolute atomic E-state index is 0.265. The first-order chi connectivity index (χ1) is 11.1. The molecule has 0 radical (unpaired) electrons. The molecule has 1 aliphatic heterocycles. The Morgan fingerprint density at radius 2 is 1.83 bits per heavy atom. The monoisotopic (exact) mass is 307 g/mol. The van der Waals surface area contributed by atoms with Crippen LogP contribution in [0.3, 0.4) is 0 Å². The summed E-state index contributed by atoms with van der Waals surface area (Å²) in [5.41, 5.74) is 4.24. The lowest BCUT2D eigenvalue weighted by atomic mass is 9.96. The molecule has 1 atom stereocenters. The van der Waals surface area contributed by atoms with Gasteiger partial charge in [0.15, 0.2) is 0 Å². The predicted octanol–water partition coefficient (Wildman–Crippen LogP) is 3.36. The normalized spacial score (nSPS) is 16.3. The van der Waals surface area contributed by atoms with Gasteiger partial charge in [-0.1, -0.05) is 48.0 Å². The summed E-state index contributed by atoms with van der Waals surface area (Å²) in [4.78, 5) is 12.2. The first kappa shape index (κ1) is 13.7. The topological polar surface area (TPSA) is 57.8 Å². The van der Waals surface area contributed by atoms with Gasteiger partial charge in [-0.25, -0.2) is 4.39 Å². The molecule has 0 fully saturated rings. The smallest absolute Gasteiger partial charge is 0.270 e. The Labute approximate surface area is 132 Å². The molecular weight excluding hydrogens is 293 g/mol. The van der Waals surface area contributed by atoms with Gasteiger partial charge in [0, 0.05) is 16.7 Å². The van der Waals surface area contributed by atoms with Crippen LogP contribution in [0, 0.1) is 12.7 Å². The van der Waals surface area contributed by atoms with Gasteiger partial charge in [-0.15, -0.1) is 0 Å². The molecule has 23 heavy (non-hydrogen) atoms. The summed E-state index contributed by atoms with van der Waals surface area (Å²) in [6.07, 6.45) is 0. The zero-order valence-electron chi connectivity index (χ0n) is 12.4. The molecule has 0 aliphatic carbocycles. The standard InChI is InChI=1S/C18H14FN3O/c1-10-6-8-11(9-7-10)15-14-16(12-4-2-3-5-13(12)19)20-18(23)17(14)22-21-15/h2-9,16H,1H3,(H,20,23)(H,21,22)/t16-/m1/s1. The summed E-state index contributed by atoms with van der Waals surface area (Å²) in [6, 6.07) is 13.8. The average molecular weight is 307 g/mol.